The summed E-state index contributed by atoms with van der Waals surface area (Å²) in [6.07, 6.45) is 0.809. The summed E-state index contributed by atoms with van der Waals surface area (Å²) in [7, 11) is 0. The largest absolute Gasteiger partial charge is 0.508 e. The van der Waals surface area contributed by atoms with E-state index < -0.39 is 5.41 Å². The molecule has 0 bridgehead atoms. The minimum Gasteiger partial charge on any atom is -0.508 e. The monoisotopic (exact) mass is 262 g/mol. The fraction of sp³-hybridized carbons (Fsp3) is 0.533. The van der Waals surface area contributed by atoms with Crippen LogP contribution in [0.4, 0.5) is 0 Å². The van der Waals surface area contributed by atoms with Gasteiger partial charge in [0.15, 0.2) is 0 Å². The van der Waals surface area contributed by atoms with Gasteiger partial charge in [0.05, 0.1) is 5.41 Å². The summed E-state index contributed by atoms with van der Waals surface area (Å²) < 4.78 is 0. The summed E-state index contributed by atoms with van der Waals surface area (Å²) >= 11 is 0. The summed E-state index contributed by atoms with van der Waals surface area (Å²) in [5.74, 6) is 0.599. The first-order chi connectivity index (χ1) is 9.08. The predicted octanol–water partition coefficient (Wildman–Crippen LogP) is 1.69. The van der Waals surface area contributed by atoms with Gasteiger partial charge in [-0.2, -0.15) is 0 Å². The highest BCUT2D eigenvalue weighted by molar-refractivity contribution is 5.87. The number of amides is 1. The molecule has 4 nitrogen and oxygen atoms in total. The van der Waals surface area contributed by atoms with Crippen LogP contribution in [0.2, 0.25) is 0 Å². The number of nitrogens with zero attached hydrogens (tertiary/aromatic N) is 1. The second-order valence-corrected chi connectivity index (χ2v) is 5.19. The number of hydrogen-bond acceptors (Lipinski definition) is 3. The van der Waals surface area contributed by atoms with Crippen molar-refractivity contribution in [1.29, 1.82) is 0 Å². The van der Waals surface area contributed by atoms with Crippen molar-refractivity contribution in [2.24, 2.45) is 11.1 Å². The van der Waals surface area contributed by atoms with Gasteiger partial charge in [0, 0.05) is 25.6 Å². The number of carbonyl (C=O) groups excluding carboxylic acids is 1. The topological polar surface area (TPSA) is 66.6 Å². The van der Waals surface area contributed by atoms with Gasteiger partial charge in [0.25, 0.3) is 0 Å². The van der Waals surface area contributed by atoms with Crippen molar-refractivity contribution in [1.82, 2.24) is 4.90 Å². The van der Waals surface area contributed by atoms with Gasteiger partial charge in [-0.1, -0.05) is 12.1 Å². The smallest absolute Gasteiger partial charge is 0.230 e. The molecule has 4 heteroatoms. The Balaban J connectivity index is 2.19. The van der Waals surface area contributed by atoms with Crippen LogP contribution in [0.3, 0.4) is 0 Å². The molecule has 0 unspecified atom stereocenters. The molecule has 1 aliphatic rings. The Labute approximate surface area is 114 Å². The van der Waals surface area contributed by atoms with Crippen LogP contribution in [0, 0.1) is 5.41 Å². The van der Waals surface area contributed by atoms with Crippen LogP contribution in [0.25, 0.3) is 0 Å². The van der Waals surface area contributed by atoms with E-state index in [0.29, 0.717) is 6.54 Å². The number of aromatic hydroxyl groups is 1. The van der Waals surface area contributed by atoms with E-state index in [4.69, 9.17) is 5.73 Å². The second kappa shape index (κ2) is 5.21. The third kappa shape index (κ3) is 2.32. The molecule has 104 valence electrons. The average Bonchev–Trinajstić information content (AvgIpc) is 3.17. The van der Waals surface area contributed by atoms with Crippen molar-refractivity contribution in [3.8, 4) is 5.75 Å². The predicted molar refractivity (Wildman–Crippen MR) is 74.9 cm³/mol. The minimum atomic E-state index is -0.428. The third-order valence-electron chi connectivity index (χ3n) is 4.21. The number of phenols is 1. The maximum absolute atomic E-state index is 12.6. The van der Waals surface area contributed by atoms with Crippen LogP contribution < -0.4 is 5.73 Å². The first-order valence-corrected chi connectivity index (χ1v) is 6.87. The van der Waals surface area contributed by atoms with Gasteiger partial charge < -0.3 is 15.7 Å². The van der Waals surface area contributed by atoms with E-state index >= 15 is 0 Å². The van der Waals surface area contributed by atoms with E-state index in [1.807, 2.05) is 30.9 Å². The van der Waals surface area contributed by atoms with Crippen molar-refractivity contribution in [2.45, 2.75) is 26.2 Å². The molecular weight excluding hydrogens is 240 g/mol. The molecule has 0 aromatic heterocycles. The molecule has 1 aromatic rings. The molecule has 1 aliphatic carbocycles. The number of phenolic OH excluding ortho intramolecular Hbond substituents is 1. The van der Waals surface area contributed by atoms with Gasteiger partial charge in [-0.05, 0) is 38.0 Å². The first-order valence-electron chi connectivity index (χ1n) is 6.87. The Morgan fingerprint density at radius 1 is 1.37 bits per heavy atom. The van der Waals surface area contributed by atoms with Gasteiger partial charge in [-0.3, -0.25) is 4.79 Å². The fourth-order valence-corrected chi connectivity index (χ4v) is 2.82. The van der Waals surface area contributed by atoms with E-state index in [9.17, 15) is 9.90 Å². The molecule has 0 heterocycles. The Morgan fingerprint density at radius 2 is 1.95 bits per heavy atom. The van der Waals surface area contributed by atoms with Crippen LogP contribution >= 0.6 is 0 Å². The molecule has 3 N–H and O–H groups in total. The quantitative estimate of drug-likeness (QED) is 0.848. The maximum atomic E-state index is 12.6. The summed E-state index contributed by atoms with van der Waals surface area (Å²) in [6.45, 7) is 5.81. The lowest BCUT2D eigenvalue weighted by atomic mass is 9.97. The van der Waals surface area contributed by atoms with E-state index in [-0.39, 0.29) is 17.6 Å². The lowest BCUT2D eigenvalue weighted by molar-refractivity contribution is -0.136. The van der Waals surface area contributed by atoms with E-state index in [0.717, 1.165) is 25.1 Å². The van der Waals surface area contributed by atoms with E-state index in [1.165, 1.54) is 0 Å². The summed E-state index contributed by atoms with van der Waals surface area (Å²) in [6, 6.07) is 7.09. The number of hydrogen-bond donors (Lipinski definition) is 2. The van der Waals surface area contributed by atoms with Crippen molar-refractivity contribution < 1.29 is 9.90 Å². The van der Waals surface area contributed by atoms with Gasteiger partial charge in [0.2, 0.25) is 5.91 Å². The minimum absolute atomic E-state index is 0.165. The molecular formula is C15H22N2O2. The molecule has 0 spiro atoms. The van der Waals surface area contributed by atoms with Crippen molar-refractivity contribution in [2.75, 3.05) is 19.6 Å². The Morgan fingerprint density at radius 3 is 2.42 bits per heavy atom. The maximum Gasteiger partial charge on any atom is 0.230 e. The zero-order valence-electron chi connectivity index (χ0n) is 11.6. The number of carbonyl (C=O) groups is 1. The summed E-state index contributed by atoms with van der Waals surface area (Å²) in [5.41, 5.74) is 6.54. The van der Waals surface area contributed by atoms with Gasteiger partial charge >= 0.3 is 0 Å². The Bertz CT molecular complexity index is 454. The molecule has 19 heavy (non-hydrogen) atoms. The van der Waals surface area contributed by atoms with Crippen LogP contribution in [0.15, 0.2) is 24.3 Å². The SMILES string of the molecule is CCN(CC)C(=O)[C@@]1(CN)C[C@@H]1c1ccc(O)cc1. The molecule has 0 radical (unpaired) electrons. The normalized spacial score (nSPS) is 25.1. The Kier molecular flexibility index (Phi) is 3.80. The number of rotatable bonds is 5. The molecule has 1 aromatic carbocycles. The van der Waals surface area contributed by atoms with Crippen LogP contribution in [0.1, 0.15) is 31.7 Å². The number of benzene rings is 1. The molecule has 1 amide bonds. The van der Waals surface area contributed by atoms with Crippen LogP contribution in [-0.4, -0.2) is 35.5 Å². The van der Waals surface area contributed by atoms with Crippen LogP contribution in [0.5, 0.6) is 5.75 Å². The van der Waals surface area contributed by atoms with Gasteiger partial charge in [-0.25, -0.2) is 0 Å². The van der Waals surface area contributed by atoms with E-state index in [2.05, 4.69) is 0 Å². The standard InChI is InChI=1S/C15H22N2O2/c1-3-17(4-2)14(19)15(10-16)9-13(15)11-5-7-12(18)8-6-11/h5-8,13,18H,3-4,9-10,16H2,1-2H3/t13-,15-/m1/s1. The summed E-state index contributed by atoms with van der Waals surface area (Å²) in [5, 5.41) is 9.32. The zero-order valence-corrected chi connectivity index (χ0v) is 11.6. The lowest BCUT2D eigenvalue weighted by Crippen LogP contribution is -2.41. The summed E-state index contributed by atoms with van der Waals surface area (Å²) in [4.78, 5) is 14.4. The molecule has 1 saturated carbocycles. The van der Waals surface area contributed by atoms with E-state index in [1.54, 1.807) is 12.1 Å². The van der Waals surface area contributed by atoms with Crippen molar-refractivity contribution >= 4 is 5.91 Å². The van der Waals surface area contributed by atoms with Crippen molar-refractivity contribution in [3.63, 3.8) is 0 Å². The molecule has 1 fully saturated rings. The lowest BCUT2D eigenvalue weighted by Gasteiger charge is -2.25. The molecule has 0 aliphatic heterocycles. The first kappa shape index (κ1) is 13.9. The third-order valence-corrected chi connectivity index (χ3v) is 4.21. The highest BCUT2D eigenvalue weighted by atomic mass is 16.3. The average molecular weight is 262 g/mol. The van der Waals surface area contributed by atoms with Crippen LogP contribution in [-0.2, 0) is 4.79 Å². The molecule has 0 saturated heterocycles. The Hall–Kier alpha value is -1.55. The highest BCUT2D eigenvalue weighted by Gasteiger charge is 2.60. The second-order valence-electron chi connectivity index (χ2n) is 5.19. The highest BCUT2D eigenvalue weighted by Crippen LogP contribution is 2.59. The zero-order chi connectivity index (χ0) is 14.0. The molecule has 2 atom stereocenters. The number of nitrogens with two attached hydrogens (primary N) is 1. The van der Waals surface area contributed by atoms with Crippen molar-refractivity contribution in [3.05, 3.63) is 29.8 Å². The van der Waals surface area contributed by atoms with Gasteiger partial charge in [0.1, 0.15) is 5.75 Å². The fourth-order valence-electron chi connectivity index (χ4n) is 2.82. The molecule has 2 rings (SSSR count). The van der Waals surface area contributed by atoms with Gasteiger partial charge in [-0.15, -0.1) is 0 Å².